The zero-order valence-corrected chi connectivity index (χ0v) is 30.9. The van der Waals surface area contributed by atoms with E-state index in [0.29, 0.717) is 0 Å². The molecule has 0 spiro atoms. The van der Waals surface area contributed by atoms with Crippen molar-refractivity contribution in [3.05, 3.63) is 151 Å². The van der Waals surface area contributed by atoms with Crippen LogP contribution >= 0.6 is 11.3 Å². The van der Waals surface area contributed by atoms with E-state index < -0.39 is 8.07 Å². The Kier molecular flexibility index (Phi) is 6.94. The van der Waals surface area contributed by atoms with Gasteiger partial charge >= 0.3 is 0 Å². The second-order valence-electron chi connectivity index (χ2n) is 14.5. The van der Waals surface area contributed by atoms with Gasteiger partial charge in [0.2, 0.25) is 0 Å². The van der Waals surface area contributed by atoms with Crippen molar-refractivity contribution in [3.63, 3.8) is 0 Å². The molecular weight excluding hydrogens is 667 g/mol. The summed E-state index contributed by atoms with van der Waals surface area (Å²) in [6, 6.07) is 50.3. The van der Waals surface area contributed by atoms with E-state index in [0.717, 1.165) is 39.2 Å². The van der Waals surface area contributed by atoms with Crippen molar-refractivity contribution in [1.82, 2.24) is 14.5 Å². The fourth-order valence-electron chi connectivity index (χ4n) is 7.65. The van der Waals surface area contributed by atoms with E-state index in [9.17, 15) is 0 Å². The molecule has 0 bridgehead atoms. The molecule has 0 saturated carbocycles. The molecule has 10 rings (SSSR count). The van der Waals surface area contributed by atoms with Crippen molar-refractivity contribution in [2.24, 2.45) is 0 Å². The Balaban J connectivity index is 1.40. The summed E-state index contributed by atoms with van der Waals surface area (Å²) in [7, 11) is -1.76. The summed E-state index contributed by atoms with van der Waals surface area (Å²) in [5, 5.41) is 9.86. The molecule has 7 aromatic carbocycles. The number of para-hydroxylation sites is 2. The molecule has 0 radical (unpaired) electrons. The number of nitrogens with zero attached hydrogens (tertiary/aromatic N) is 3. The molecule has 52 heavy (non-hydrogen) atoms. The topological polar surface area (TPSA) is 30.7 Å². The Bertz CT molecular complexity index is 3070. The van der Waals surface area contributed by atoms with Crippen molar-refractivity contribution in [2.75, 3.05) is 0 Å². The van der Waals surface area contributed by atoms with Crippen LogP contribution in [0.4, 0.5) is 0 Å². The van der Waals surface area contributed by atoms with Crippen molar-refractivity contribution in [3.8, 4) is 39.7 Å². The first-order chi connectivity index (χ1) is 25.4. The fraction of sp³-hybridized carbons (Fsp3) is 0.0638. The third-order valence-electron chi connectivity index (χ3n) is 9.96. The van der Waals surface area contributed by atoms with Crippen LogP contribution in [0.5, 0.6) is 0 Å². The van der Waals surface area contributed by atoms with Crippen LogP contribution in [0.15, 0.2) is 146 Å². The van der Waals surface area contributed by atoms with Gasteiger partial charge in [0.25, 0.3) is 0 Å². The van der Waals surface area contributed by atoms with Crippen LogP contribution in [0, 0.1) is 11.5 Å². The van der Waals surface area contributed by atoms with Gasteiger partial charge in [-0.2, -0.15) is 0 Å². The molecule has 0 atom stereocenters. The lowest BCUT2D eigenvalue weighted by atomic mass is 9.94. The molecule has 246 valence electrons. The Morgan fingerprint density at radius 1 is 0.577 bits per heavy atom. The quantitative estimate of drug-likeness (QED) is 0.136. The lowest BCUT2D eigenvalue weighted by molar-refractivity contribution is 1.17. The molecule has 0 fully saturated rings. The molecular formula is C47H33N3SSi. The molecule has 0 unspecified atom stereocenters. The van der Waals surface area contributed by atoms with E-state index in [1.807, 2.05) is 17.4 Å². The first kappa shape index (κ1) is 30.7. The number of hydrogen-bond acceptors (Lipinski definition) is 3. The third-order valence-corrected chi connectivity index (χ3v) is 12.0. The van der Waals surface area contributed by atoms with E-state index >= 15 is 0 Å². The first-order valence-corrected chi connectivity index (χ1v) is 22.0. The molecule has 3 aromatic heterocycles. The summed E-state index contributed by atoms with van der Waals surface area (Å²) in [6.45, 7) is 6.93. The number of benzene rings is 7. The summed E-state index contributed by atoms with van der Waals surface area (Å²) >= 11 is 1.87. The zero-order valence-electron chi connectivity index (χ0n) is 29.1. The van der Waals surface area contributed by atoms with E-state index in [1.54, 1.807) is 6.33 Å². The van der Waals surface area contributed by atoms with E-state index in [1.165, 1.54) is 58.1 Å². The monoisotopic (exact) mass is 699 g/mol. The molecule has 0 amide bonds. The van der Waals surface area contributed by atoms with Crippen LogP contribution in [-0.4, -0.2) is 22.6 Å². The van der Waals surface area contributed by atoms with Gasteiger partial charge in [-0.05, 0) is 47.2 Å². The predicted octanol–water partition coefficient (Wildman–Crippen LogP) is 12.8. The van der Waals surface area contributed by atoms with Gasteiger partial charge in [0.05, 0.1) is 28.1 Å². The predicted molar refractivity (Wildman–Crippen MR) is 225 cm³/mol. The molecule has 0 N–H and O–H groups in total. The molecule has 3 nitrogen and oxygen atoms in total. The third kappa shape index (κ3) is 4.95. The van der Waals surface area contributed by atoms with Crippen LogP contribution < -0.4 is 0 Å². The minimum atomic E-state index is -1.76. The molecule has 10 aromatic rings. The first-order valence-electron chi connectivity index (χ1n) is 17.7. The highest BCUT2D eigenvalue weighted by atomic mass is 32.1. The molecule has 0 saturated heterocycles. The summed E-state index contributed by atoms with van der Waals surface area (Å²) in [6.07, 6.45) is 1.70. The van der Waals surface area contributed by atoms with Crippen molar-refractivity contribution >= 4 is 82.9 Å². The summed E-state index contributed by atoms with van der Waals surface area (Å²) in [5.74, 6) is 3.77. The maximum Gasteiger partial charge on any atom is 0.129 e. The van der Waals surface area contributed by atoms with Crippen LogP contribution in [0.1, 0.15) is 5.56 Å². The van der Waals surface area contributed by atoms with Crippen molar-refractivity contribution < 1.29 is 0 Å². The maximum atomic E-state index is 4.98. The van der Waals surface area contributed by atoms with Gasteiger partial charge in [-0.1, -0.05) is 129 Å². The molecule has 0 aliphatic carbocycles. The van der Waals surface area contributed by atoms with Gasteiger partial charge in [0.15, 0.2) is 0 Å². The second kappa shape index (κ2) is 11.7. The number of aromatic nitrogens is 3. The smallest absolute Gasteiger partial charge is 0.129 e. The Hall–Kier alpha value is -6.06. The van der Waals surface area contributed by atoms with Crippen LogP contribution in [-0.2, 0) is 0 Å². The minimum Gasteiger partial charge on any atom is -0.307 e. The molecule has 5 heteroatoms. The standard InChI is InChI=1S/C47H33N3SSi/c1-52(2,3)24-23-33-26-39(41-28-40(48-29-49-41)30-13-5-4-6-14-30)45-37(46(33)50-42-19-11-9-17-34(42)35-18-10-12-20-43(35)50)22-21-36-38-25-31-15-7-8-16-32(31)27-44(38)51-47(36)45/h4-22,25-29H,1-3H3. The van der Waals surface area contributed by atoms with Gasteiger partial charge < -0.3 is 4.57 Å². The summed E-state index contributed by atoms with van der Waals surface area (Å²) in [4.78, 5) is 9.71. The van der Waals surface area contributed by atoms with Crippen molar-refractivity contribution in [2.45, 2.75) is 19.6 Å². The maximum absolute atomic E-state index is 4.98. The van der Waals surface area contributed by atoms with Gasteiger partial charge in [-0.3, -0.25) is 0 Å². The van der Waals surface area contributed by atoms with Gasteiger partial charge in [0, 0.05) is 58.4 Å². The van der Waals surface area contributed by atoms with Crippen molar-refractivity contribution in [1.29, 1.82) is 0 Å². The lowest BCUT2D eigenvalue weighted by Gasteiger charge is -2.18. The van der Waals surface area contributed by atoms with Crippen LogP contribution in [0.2, 0.25) is 19.6 Å². The Morgan fingerprint density at radius 2 is 1.21 bits per heavy atom. The van der Waals surface area contributed by atoms with Gasteiger partial charge in [0.1, 0.15) is 14.4 Å². The second-order valence-corrected chi connectivity index (χ2v) is 20.3. The van der Waals surface area contributed by atoms with Gasteiger partial charge in [-0.25, -0.2) is 9.97 Å². The SMILES string of the molecule is C[Si](C)(C)C#Cc1cc(-c2cc(-c3ccccc3)ncn2)c2c(ccc3c4cc5ccccc5cc4sc32)c1-n1c2ccccc2c2ccccc21. The highest BCUT2D eigenvalue weighted by Crippen LogP contribution is 2.47. The largest absolute Gasteiger partial charge is 0.307 e. The normalized spacial score (nSPS) is 12.0. The van der Waals surface area contributed by atoms with Gasteiger partial charge in [-0.15, -0.1) is 16.9 Å². The number of hydrogen-bond donors (Lipinski definition) is 0. The van der Waals surface area contributed by atoms with E-state index in [2.05, 4.69) is 169 Å². The highest BCUT2D eigenvalue weighted by molar-refractivity contribution is 7.26. The lowest BCUT2D eigenvalue weighted by Crippen LogP contribution is -2.16. The van der Waals surface area contributed by atoms with Crippen LogP contribution in [0.3, 0.4) is 0 Å². The number of fused-ring (bicyclic) bond motifs is 9. The fourth-order valence-corrected chi connectivity index (χ4v) is 9.45. The zero-order chi connectivity index (χ0) is 35.0. The average Bonchev–Trinajstić information content (AvgIpc) is 3.71. The number of thiophene rings is 1. The molecule has 0 aliphatic heterocycles. The highest BCUT2D eigenvalue weighted by Gasteiger charge is 2.23. The number of rotatable bonds is 3. The summed E-state index contributed by atoms with van der Waals surface area (Å²) < 4.78 is 4.98. The molecule has 0 aliphatic rings. The van der Waals surface area contributed by atoms with Crippen LogP contribution in [0.25, 0.3) is 91.7 Å². The average molecular weight is 700 g/mol. The summed E-state index contributed by atoms with van der Waals surface area (Å²) in [5.41, 5.74) is 12.1. The molecule has 3 heterocycles. The Morgan fingerprint density at radius 3 is 1.94 bits per heavy atom. The van der Waals surface area contributed by atoms with E-state index in [4.69, 9.17) is 9.97 Å². The minimum absolute atomic E-state index is 0.888. The Labute approximate surface area is 306 Å². The van der Waals surface area contributed by atoms with E-state index in [-0.39, 0.29) is 0 Å².